The largest absolute Gasteiger partial charge is 0.497 e. The molecule has 5 nitrogen and oxygen atoms in total. The van der Waals surface area contributed by atoms with Crippen LogP contribution in [0.15, 0.2) is 51.8 Å². The molecule has 0 atom stereocenters. The third kappa shape index (κ3) is 3.73. The first kappa shape index (κ1) is 18.3. The van der Waals surface area contributed by atoms with E-state index in [1.165, 1.54) is 31.4 Å². The van der Waals surface area contributed by atoms with Gasteiger partial charge in [0, 0.05) is 4.47 Å². The maximum atomic E-state index is 12.8. The van der Waals surface area contributed by atoms with E-state index in [0.29, 0.717) is 10.2 Å². The number of hydrogen-bond donors (Lipinski definition) is 1. The number of nitrogens with one attached hydrogen (secondary N) is 1. The van der Waals surface area contributed by atoms with Crippen molar-refractivity contribution in [3.05, 3.63) is 52.5 Å². The van der Waals surface area contributed by atoms with Crippen molar-refractivity contribution in [2.24, 2.45) is 0 Å². The number of ether oxygens (including phenoxy) is 1. The van der Waals surface area contributed by atoms with Crippen molar-refractivity contribution in [1.82, 2.24) is 0 Å². The normalized spacial score (nSPS) is 11.4. The van der Waals surface area contributed by atoms with Gasteiger partial charge in [-0.05, 0) is 46.3 Å². The van der Waals surface area contributed by atoms with Crippen LogP contribution >= 0.6 is 15.9 Å². The molecule has 2 rings (SSSR count). The number of carbonyl (C=O) groups excluding carboxylic acids is 1. The highest BCUT2D eigenvalue weighted by Gasteiger charge is 2.29. The number of halogens is 3. The van der Waals surface area contributed by atoms with E-state index >= 15 is 0 Å². The van der Waals surface area contributed by atoms with E-state index in [1.807, 2.05) is 0 Å². The number of methoxy groups -OCH3 is 1. The third-order valence-electron chi connectivity index (χ3n) is 3.09. The smallest absolute Gasteiger partial charge is 0.341 e. The summed E-state index contributed by atoms with van der Waals surface area (Å²) >= 11 is 3.20. The maximum absolute atomic E-state index is 12.8. The van der Waals surface area contributed by atoms with Crippen molar-refractivity contribution >= 4 is 37.4 Å². The molecule has 0 fully saturated rings. The molecule has 2 aromatic rings. The minimum atomic E-state index is -4.84. The summed E-state index contributed by atoms with van der Waals surface area (Å²) < 4.78 is 54.4. The van der Waals surface area contributed by atoms with E-state index in [-0.39, 0.29) is 11.3 Å². The Kier molecular flexibility index (Phi) is 5.55. The molecule has 1 amide bonds. The number of para-hydroxylation sites is 1. The second-order valence-electron chi connectivity index (χ2n) is 4.60. The Morgan fingerprint density at radius 2 is 1.88 bits per heavy atom. The number of anilines is 1. The van der Waals surface area contributed by atoms with Crippen LogP contribution in [-0.4, -0.2) is 27.2 Å². The van der Waals surface area contributed by atoms with Crippen molar-refractivity contribution in [2.45, 2.75) is 10.7 Å². The number of carbonyl (C=O) groups is 1. The molecule has 0 unspecified atom stereocenters. The molecule has 0 bridgehead atoms. The van der Waals surface area contributed by atoms with Crippen molar-refractivity contribution in [2.75, 3.05) is 12.4 Å². The summed E-state index contributed by atoms with van der Waals surface area (Å²) in [4.78, 5) is 11.7. The number of benzene rings is 2. The molecule has 0 aliphatic rings. The molecule has 0 aliphatic carbocycles. The van der Waals surface area contributed by atoms with Crippen LogP contribution in [0.4, 0.5) is 14.5 Å². The molecule has 1 N–H and O–H groups in total. The lowest BCUT2D eigenvalue weighted by molar-refractivity contribution is 0.102. The predicted molar refractivity (Wildman–Crippen MR) is 88.3 cm³/mol. The van der Waals surface area contributed by atoms with Gasteiger partial charge in [-0.3, -0.25) is 4.79 Å². The maximum Gasteiger partial charge on any atom is 0.341 e. The molecule has 0 heterocycles. The highest BCUT2D eigenvalue weighted by Crippen LogP contribution is 2.28. The van der Waals surface area contributed by atoms with Gasteiger partial charge in [-0.1, -0.05) is 12.1 Å². The zero-order valence-electron chi connectivity index (χ0n) is 12.3. The van der Waals surface area contributed by atoms with Gasteiger partial charge in [0.25, 0.3) is 5.91 Å². The molecule has 24 heavy (non-hydrogen) atoms. The average Bonchev–Trinajstić information content (AvgIpc) is 2.55. The van der Waals surface area contributed by atoms with Gasteiger partial charge >= 0.3 is 5.76 Å². The fourth-order valence-corrected chi connectivity index (χ4v) is 3.22. The third-order valence-corrected chi connectivity index (χ3v) is 5.22. The first-order chi connectivity index (χ1) is 11.3. The molecule has 0 spiro atoms. The van der Waals surface area contributed by atoms with Gasteiger partial charge in [0.1, 0.15) is 5.75 Å². The van der Waals surface area contributed by atoms with Crippen LogP contribution in [-0.2, 0) is 9.84 Å². The van der Waals surface area contributed by atoms with Crippen LogP contribution in [0.1, 0.15) is 10.4 Å². The van der Waals surface area contributed by atoms with E-state index in [0.717, 1.165) is 6.07 Å². The van der Waals surface area contributed by atoms with Gasteiger partial charge in [-0.25, -0.2) is 8.42 Å². The molecule has 0 aromatic heterocycles. The number of hydrogen-bond acceptors (Lipinski definition) is 4. The number of sulfone groups is 1. The second-order valence-corrected chi connectivity index (χ2v) is 7.34. The highest BCUT2D eigenvalue weighted by molar-refractivity contribution is 9.10. The van der Waals surface area contributed by atoms with Crippen LogP contribution in [0.2, 0.25) is 0 Å². The summed E-state index contributed by atoms with van der Waals surface area (Å²) in [6, 6.07) is 9.61. The Balaban J connectivity index is 2.41. The van der Waals surface area contributed by atoms with Crippen LogP contribution in [0.5, 0.6) is 5.75 Å². The Hall–Kier alpha value is -2.00. The van der Waals surface area contributed by atoms with E-state index in [2.05, 4.69) is 21.2 Å². The van der Waals surface area contributed by atoms with Crippen molar-refractivity contribution in [3.63, 3.8) is 0 Å². The van der Waals surface area contributed by atoms with Gasteiger partial charge < -0.3 is 10.1 Å². The lowest BCUT2D eigenvalue weighted by Gasteiger charge is -2.12. The molecular formula is C15H12BrF2NO4S. The number of amides is 1. The van der Waals surface area contributed by atoms with Gasteiger partial charge in [0.15, 0.2) is 0 Å². The molecule has 0 saturated heterocycles. The topological polar surface area (TPSA) is 72.5 Å². The van der Waals surface area contributed by atoms with E-state index in [4.69, 9.17) is 4.74 Å². The molecule has 128 valence electrons. The van der Waals surface area contributed by atoms with Crippen molar-refractivity contribution < 1.29 is 26.7 Å². The van der Waals surface area contributed by atoms with Crippen molar-refractivity contribution in [1.29, 1.82) is 0 Å². The molecule has 9 heteroatoms. The molecule has 0 aliphatic heterocycles. The van der Waals surface area contributed by atoms with Gasteiger partial charge in [-0.15, -0.1) is 0 Å². The van der Waals surface area contributed by atoms with Crippen LogP contribution in [0.25, 0.3) is 0 Å². The lowest BCUT2D eigenvalue weighted by atomic mass is 10.2. The number of alkyl halides is 2. The Labute approximate surface area is 145 Å². The van der Waals surface area contributed by atoms with Gasteiger partial charge in [0.05, 0.1) is 23.3 Å². The lowest BCUT2D eigenvalue weighted by Crippen LogP contribution is -2.18. The Bertz CT molecular complexity index is 872. The highest BCUT2D eigenvalue weighted by atomic mass is 79.9. The summed E-state index contributed by atoms with van der Waals surface area (Å²) in [5, 5.41) is 2.34. The molecule has 0 radical (unpaired) electrons. The monoisotopic (exact) mass is 419 g/mol. The minimum absolute atomic E-state index is 0.165. The zero-order valence-corrected chi connectivity index (χ0v) is 14.7. The number of rotatable bonds is 5. The van der Waals surface area contributed by atoms with E-state index in [9.17, 15) is 22.0 Å². The summed E-state index contributed by atoms with van der Waals surface area (Å²) in [7, 11) is -3.42. The minimum Gasteiger partial charge on any atom is -0.497 e. The van der Waals surface area contributed by atoms with E-state index in [1.54, 1.807) is 12.1 Å². The molecule has 2 aromatic carbocycles. The fraction of sp³-hybridized carbons (Fsp3) is 0.133. The van der Waals surface area contributed by atoms with Crippen molar-refractivity contribution in [3.8, 4) is 5.75 Å². The Morgan fingerprint density at radius 1 is 1.21 bits per heavy atom. The summed E-state index contributed by atoms with van der Waals surface area (Å²) in [6.07, 6.45) is 0. The second kappa shape index (κ2) is 7.27. The summed E-state index contributed by atoms with van der Waals surface area (Å²) in [6.45, 7) is 0. The molecular weight excluding hydrogens is 408 g/mol. The van der Waals surface area contributed by atoms with Gasteiger partial charge in [0.2, 0.25) is 9.84 Å². The zero-order chi connectivity index (χ0) is 17.9. The van der Waals surface area contributed by atoms with Crippen LogP contribution in [0, 0.1) is 0 Å². The fourth-order valence-electron chi connectivity index (χ4n) is 1.91. The SMILES string of the molecule is COc1ccc(Br)c(C(=O)Nc2ccccc2S(=O)(=O)C(F)F)c1. The predicted octanol–water partition coefficient (Wildman–Crippen LogP) is 3.71. The first-order valence-corrected chi connectivity index (χ1v) is 8.87. The van der Waals surface area contributed by atoms with Crippen LogP contribution in [0.3, 0.4) is 0 Å². The summed E-state index contributed by atoms with van der Waals surface area (Å²) in [5.74, 6) is -3.84. The Morgan fingerprint density at radius 3 is 2.50 bits per heavy atom. The van der Waals surface area contributed by atoms with Crippen LogP contribution < -0.4 is 10.1 Å². The molecule has 0 saturated carbocycles. The summed E-state index contributed by atoms with van der Waals surface area (Å²) in [5.41, 5.74) is -0.0592. The quantitative estimate of drug-likeness (QED) is 0.801. The first-order valence-electron chi connectivity index (χ1n) is 6.53. The van der Waals surface area contributed by atoms with Gasteiger partial charge in [-0.2, -0.15) is 8.78 Å². The average molecular weight is 420 g/mol. The standard InChI is InChI=1S/C15H12BrF2NO4S/c1-23-9-6-7-11(16)10(8-9)14(20)19-12-4-2-3-5-13(12)24(21,22)15(17)18/h2-8,15H,1H3,(H,19,20). The van der Waals surface area contributed by atoms with E-state index < -0.39 is 26.4 Å².